The Kier molecular flexibility index (Phi) is 2.61. The highest BCUT2D eigenvalue weighted by atomic mass is 35.5. The van der Waals surface area contributed by atoms with E-state index in [1.54, 1.807) is 12.1 Å². The van der Waals surface area contributed by atoms with Crippen molar-refractivity contribution in [3.05, 3.63) is 22.4 Å². The van der Waals surface area contributed by atoms with Crippen LogP contribution in [0.4, 0.5) is 5.69 Å². The van der Waals surface area contributed by atoms with Crippen LogP contribution in [0.1, 0.15) is 12.8 Å². The molecule has 3 nitrogen and oxygen atoms in total. The summed E-state index contributed by atoms with van der Waals surface area (Å²) in [6, 6.07) is 3.24. The van der Waals surface area contributed by atoms with E-state index < -0.39 is 0 Å². The number of carbonyl (C=O) groups excluding carboxylic acids is 1. The third-order valence-electron chi connectivity index (χ3n) is 2.02. The molecule has 1 aromatic heterocycles. The SMILES string of the molecule is O=C(Nc1ccc(Cl)nc1Cl)C1CC1. The van der Waals surface area contributed by atoms with Crippen molar-refractivity contribution in [2.24, 2.45) is 5.92 Å². The Hall–Kier alpha value is -0.800. The zero-order valence-electron chi connectivity index (χ0n) is 7.26. The Labute approximate surface area is 91.4 Å². The fourth-order valence-electron chi connectivity index (χ4n) is 1.09. The summed E-state index contributed by atoms with van der Waals surface area (Å²) in [5, 5.41) is 3.25. The second kappa shape index (κ2) is 3.75. The molecule has 1 amide bonds. The highest BCUT2D eigenvalue weighted by Crippen LogP contribution is 2.31. The van der Waals surface area contributed by atoms with Crippen molar-refractivity contribution < 1.29 is 4.79 Å². The van der Waals surface area contributed by atoms with Crippen LogP contribution in [0, 0.1) is 5.92 Å². The molecule has 1 fully saturated rings. The van der Waals surface area contributed by atoms with Crippen LogP contribution in [0.3, 0.4) is 0 Å². The fourth-order valence-corrected chi connectivity index (χ4v) is 1.48. The average molecular weight is 231 g/mol. The number of rotatable bonds is 2. The first-order chi connectivity index (χ1) is 6.66. The first kappa shape index (κ1) is 9.74. The number of anilines is 1. The van der Waals surface area contributed by atoms with Crippen LogP contribution < -0.4 is 5.32 Å². The number of amides is 1. The van der Waals surface area contributed by atoms with Crippen molar-refractivity contribution in [2.45, 2.75) is 12.8 Å². The highest BCUT2D eigenvalue weighted by molar-refractivity contribution is 6.34. The first-order valence-corrected chi connectivity index (χ1v) is 5.05. The normalized spacial score (nSPS) is 15.3. The maximum atomic E-state index is 11.4. The minimum atomic E-state index is 0.0102. The molecule has 0 atom stereocenters. The van der Waals surface area contributed by atoms with E-state index in [-0.39, 0.29) is 17.0 Å². The predicted molar refractivity (Wildman–Crippen MR) is 55.6 cm³/mol. The van der Waals surface area contributed by atoms with Gasteiger partial charge in [0.1, 0.15) is 5.15 Å². The van der Waals surface area contributed by atoms with E-state index in [4.69, 9.17) is 23.2 Å². The molecule has 0 bridgehead atoms. The maximum Gasteiger partial charge on any atom is 0.227 e. The molecule has 0 aromatic carbocycles. The Morgan fingerprint density at radius 3 is 2.71 bits per heavy atom. The van der Waals surface area contributed by atoms with Gasteiger partial charge in [-0.3, -0.25) is 4.79 Å². The van der Waals surface area contributed by atoms with Gasteiger partial charge in [-0.05, 0) is 25.0 Å². The summed E-state index contributed by atoms with van der Waals surface area (Å²) >= 11 is 11.4. The van der Waals surface area contributed by atoms with E-state index in [2.05, 4.69) is 10.3 Å². The van der Waals surface area contributed by atoms with Crippen LogP contribution in [0.15, 0.2) is 12.1 Å². The number of hydrogen-bond donors (Lipinski definition) is 1. The molecule has 14 heavy (non-hydrogen) atoms. The van der Waals surface area contributed by atoms with Gasteiger partial charge in [-0.1, -0.05) is 23.2 Å². The average Bonchev–Trinajstić information content (AvgIpc) is 2.92. The number of hydrogen-bond acceptors (Lipinski definition) is 2. The molecule has 1 heterocycles. The number of halogens is 2. The molecule has 1 N–H and O–H groups in total. The molecule has 0 radical (unpaired) electrons. The first-order valence-electron chi connectivity index (χ1n) is 4.30. The Morgan fingerprint density at radius 2 is 2.14 bits per heavy atom. The van der Waals surface area contributed by atoms with Crippen molar-refractivity contribution in [1.82, 2.24) is 4.98 Å². The van der Waals surface area contributed by atoms with Gasteiger partial charge < -0.3 is 5.32 Å². The number of carbonyl (C=O) groups is 1. The molecule has 1 aliphatic rings. The third-order valence-corrected chi connectivity index (χ3v) is 2.52. The Bertz CT molecular complexity index is 377. The lowest BCUT2D eigenvalue weighted by Gasteiger charge is -2.05. The molecule has 2 rings (SSSR count). The molecule has 0 spiro atoms. The maximum absolute atomic E-state index is 11.4. The summed E-state index contributed by atoms with van der Waals surface area (Å²) in [5.41, 5.74) is 0.521. The van der Waals surface area contributed by atoms with E-state index in [0.717, 1.165) is 12.8 Å². The topological polar surface area (TPSA) is 42.0 Å². The van der Waals surface area contributed by atoms with Crippen molar-refractivity contribution in [3.63, 3.8) is 0 Å². The van der Waals surface area contributed by atoms with Crippen LogP contribution in [0.2, 0.25) is 10.3 Å². The minimum Gasteiger partial charge on any atom is -0.323 e. The van der Waals surface area contributed by atoms with Crippen LogP contribution >= 0.6 is 23.2 Å². The highest BCUT2D eigenvalue weighted by Gasteiger charge is 2.29. The van der Waals surface area contributed by atoms with Gasteiger partial charge in [-0.2, -0.15) is 0 Å². The number of pyridine rings is 1. The quantitative estimate of drug-likeness (QED) is 0.795. The molecule has 0 unspecified atom stereocenters. The summed E-state index contributed by atoms with van der Waals surface area (Å²) in [5.74, 6) is 0.165. The molecule has 74 valence electrons. The van der Waals surface area contributed by atoms with Crippen LogP contribution in [0.25, 0.3) is 0 Å². The number of nitrogens with zero attached hydrogens (tertiary/aromatic N) is 1. The summed E-state index contributed by atoms with van der Waals surface area (Å²) in [6.07, 6.45) is 1.93. The van der Waals surface area contributed by atoms with Gasteiger partial charge >= 0.3 is 0 Å². The minimum absolute atomic E-state index is 0.0102. The molecular formula is C9H8Cl2N2O. The van der Waals surface area contributed by atoms with E-state index in [9.17, 15) is 4.79 Å². The van der Waals surface area contributed by atoms with Gasteiger partial charge in [0.05, 0.1) is 5.69 Å². The van der Waals surface area contributed by atoms with Gasteiger partial charge in [0, 0.05) is 5.92 Å². The Balaban J connectivity index is 2.11. The Morgan fingerprint density at radius 1 is 1.43 bits per heavy atom. The molecule has 1 aromatic rings. The van der Waals surface area contributed by atoms with Gasteiger partial charge in [-0.15, -0.1) is 0 Å². The van der Waals surface area contributed by atoms with Gasteiger partial charge in [0.2, 0.25) is 5.91 Å². The second-order valence-electron chi connectivity index (χ2n) is 3.24. The van der Waals surface area contributed by atoms with Gasteiger partial charge in [0.25, 0.3) is 0 Å². The zero-order chi connectivity index (χ0) is 10.1. The van der Waals surface area contributed by atoms with Crippen molar-refractivity contribution in [3.8, 4) is 0 Å². The zero-order valence-corrected chi connectivity index (χ0v) is 8.77. The van der Waals surface area contributed by atoms with Crippen LogP contribution in [-0.4, -0.2) is 10.9 Å². The van der Waals surface area contributed by atoms with E-state index in [0.29, 0.717) is 10.8 Å². The molecule has 1 saturated carbocycles. The van der Waals surface area contributed by atoms with Crippen molar-refractivity contribution >= 4 is 34.8 Å². The smallest absolute Gasteiger partial charge is 0.227 e. The molecule has 1 aliphatic carbocycles. The molecule has 0 saturated heterocycles. The lowest BCUT2D eigenvalue weighted by atomic mass is 10.3. The number of aromatic nitrogens is 1. The second-order valence-corrected chi connectivity index (χ2v) is 3.98. The monoisotopic (exact) mass is 230 g/mol. The lowest BCUT2D eigenvalue weighted by Crippen LogP contribution is -2.13. The van der Waals surface area contributed by atoms with E-state index >= 15 is 0 Å². The summed E-state index contributed by atoms with van der Waals surface area (Å²) in [6.45, 7) is 0. The van der Waals surface area contributed by atoms with Crippen LogP contribution in [-0.2, 0) is 4.79 Å². The molecule has 0 aliphatic heterocycles. The molecule has 5 heteroatoms. The lowest BCUT2D eigenvalue weighted by molar-refractivity contribution is -0.117. The predicted octanol–water partition coefficient (Wildman–Crippen LogP) is 2.74. The van der Waals surface area contributed by atoms with Crippen molar-refractivity contribution in [1.29, 1.82) is 0 Å². The van der Waals surface area contributed by atoms with Gasteiger partial charge in [0.15, 0.2) is 5.15 Å². The van der Waals surface area contributed by atoms with E-state index in [1.807, 2.05) is 0 Å². The number of nitrogens with one attached hydrogen (secondary N) is 1. The van der Waals surface area contributed by atoms with Crippen molar-refractivity contribution in [2.75, 3.05) is 5.32 Å². The molecular weight excluding hydrogens is 223 g/mol. The third kappa shape index (κ3) is 2.16. The summed E-state index contributed by atoms with van der Waals surface area (Å²) in [7, 11) is 0. The fraction of sp³-hybridized carbons (Fsp3) is 0.333. The summed E-state index contributed by atoms with van der Waals surface area (Å²) in [4.78, 5) is 15.2. The summed E-state index contributed by atoms with van der Waals surface area (Å²) < 4.78 is 0. The van der Waals surface area contributed by atoms with E-state index in [1.165, 1.54) is 0 Å². The largest absolute Gasteiger partial charge is 0.323 e. The van der Waals surface area contributed by atoms with Crippen LogP contribution in [0.5, 0.6) is 0 Å². The van der Waals surface area contributed by atoms with Gasteiger partial charge in [-0.25, -0.2) is 4.98 Å². The standard InChI is InChI=1S/C9H8Cl2N2O/c10-7-4-3-6(8(11)13-7)12-9(14)5-1-2-5/h3-5H,1-2H2,(H,12,14).